The number of likely N-dealkylation sites (tertiary alicyclic amines) is 1. The fraction of sp³-hybridized carbons (Fsp3) is 0.409. The molecule has 0 bridgehead atoms. The lowest BCUT2D eigenvalue weighted by Gasteiger charge is -2.29. The van der Waals surface area contributed by atoms with Crippen LogP contribution in [0.5, 0.6) is 0 Å². The van der Waals surface area contributed by atoms with Gasteiger partial charge in [0.25, 0.3) is 5.91 Å². The molecule has 29 heavy (non-hydrogen) atoms. The molecule has 5 rings (SSSR count). The SMILES string of the molecule is Cc1cc(CN2CCC(c3ncc(C(=O)N4CCc5ccccc54)o3)CC2)no1. The number of hydrogen-bond donors (Lipinski definition) is 0. The van der Waals surface area contributed by atoms with Crippen molar-refractivity contribution in [3.8, 4) is 0 Å². The second-order valence-electron chi connectivity index (χ2n) is 7.88. The molecule has 1 saturated heterocycles. The monoisotopic (exact) mass is 392 g/mol. The number of piperidine rings is 1. The molecule has 0 radical (unpaired) electrons. The van der Waals surface area contributed by atoms with Crippen molar-refractivity contribution in [1.82, 2.24) is 15.0 Å². The highest BCUT2D eigenvalue weighted by atomic mass is 16.5. The highest BCUT2D eigenvalue weighted by molar-refractivity contribution is 6.05. The standard InChI is InChI=1S/C22H24N4O3/c1-15-12-18(24-29-15)14-25-9-6-17(7-10-25)21-23-13-20(28-21)22(27)26-11-8-16-4-2-3-5-19(16)26/h2-5,12-13,17H,6-11,14H2,1H3. The van der Waals surface area contributed by atoms with Gasteiger partial charge >= 0.3 is 0 Å². The van der Waals surface area contributed by atoms with Crippen LogP contribution in [0.3, 0.4) is 0 Å². The third-order valence-electron chi connectivity index (χ3n) is 5.87. The zero-order valence-corrected chi connectivity index (χ0v) is 16.5. The van der Waals surface area contributed by atoms with Crippen LogP contribution in [-0.2, 0) is 13.0 Å². The molecule has 2 aliphatic rings. The smallest absolute Gasteiger partial charge is 0.295 e. The summed E-state index contributed by atoms with van der Waals surface area (Å²) in [6.45, 7) is 5.29. The molecular weight excluding hydrogens is 368 g/mol. The van der Waals surface area contributed by atoms with Crippen molar-refractivity contribution in [2.45, 2.75) is 38.6 Å². The first-order valence-corrected chi connectivity index (χ1v) is 10.2. The number of carbonyl (C=O) groups is 1. The van der Waals surface area contributed by atoms with E-state index < -0.39 is 0 Å². The highest BCUT2D eigenvalue weighted by Crippen LogP contribution is 2.31. The topological polar surface area (TPSA) is 75.6 Å². The van der Waals surface area contributed by atoms with Crippen molar-refractivity contribution >= 4 is 11.6 Å². The Morgan fingerprint density at radius 1 is 1.21 bits per heavy atom. The van der Waals surface area contributed by atoms with Crippen LogP contribution in [0.1, 0.15) is 52.2 Å². The summed E-state index contributed by atoms with van der Waals surface area (Å²) < 4.78 is 11.1. The Kier molecular flexibility index (Phi) is 4.67. The Bertz CT molecular complexity index is 1020. The average molecular weight is 392 g/mol. The molecular formula is C22H24N4O3. The summed E-state index contributed by atoms with van der Waals surface area (Å²) in [5.74, 6) is 1.99. The maximum Gasteiger partial charge on any atom is 0.295 e. The third kappa shape index (κ3) is 3.58. The van der Waals surface area contributed by atoms with Crippen LogP contribution in [0.25, 0.3) is 0 Å². The minimum absolute atomic E-state index is 0.104. The summed E-state index contributed by atoms with van der Waals surface area (Å²) >= 11 is 0. The molecule has 0 spiro atoms. The maximum atomic E-state index is 12.9. The number of para-hydroxylation sites is 1. The molecule has 1 fully saturated rings. The summed E-state index contributed by atoms with van der Waals surface area (Å²) in [4.78, 5) is 21.5. The number of aromatic nitrogens is 2. The summed E-state index contributed by atoms with van der Waals surface area (Å²) in [7, 11) is 0. The Hall–Kier alpha value is -2.93. The zero-order chi connectivity index (χ0) is 19.8. The molecule has 2 aromatic heterocycles. The summed E-state index contributed by atoms with van der Waals surface area (Å²) in [6, 6.07) is 10.0. The Morgan fingerprint density at radius 3 is 2.83 bits per heavy atom. The van der Waals surface area contributed by atoms with Gasteiger partial charge in [-0.2, -0.15) is 0 Å². The van der Waals surface area contributed by atoms with Gasteiger partial charge < -0.3 is 13.8 Å². The first-order valence-electron chi connectivity index (χ1n) is 10.2. The minimum atomic E-state index is -0.104. The summed E-state index contributed by atoms with van der Waals surface area (Å²) in [6.07, 6.45) is 4.38. The second-order valence-corrected chi connectivity index (χ2v) is 7.88. The van der Waals surface area contributed by atoms with E-state index in [1.54, 1.807) is 11.1 Å². The van der Waals surface area contributed by atoms with E-state index in [9.17, 15) is 4.79 Å². The molecule has 0 N–H and O–H groups in total. The van der Waals surface area contributed by atoms with Gasteiger partial charge in [0.1, 0.15) is 5.76 Å². The van der Waals surface area contributed by atoms with Gasteiger partial charge in [-0.15, -0.1) is 0 Å². The van der Waals surface area contributed by atoms with Gasteiger partial charge in [0.05, 0.1) is 11.9 Å². The maximum absolute atomic E-state index is 12.9. The number of aryl methyl sites for hydroxylation is 1. The molecule has 0 saturated carbocycles. The predicted octanol–water partition coefficient (Wildman–Crippen LogP) is 3.55. The number of anilines is 1. The first-order chi connectivity index (χ1) is 14.2. The van der Waals surface area contributed by atoms with Crippen molar-refractivity contribution in [3.05, 3.63) is 65.2 Å². The lowest BCUT2D eigenvalue weighted by Crippen LogP contribution is -2.32. The number of amides is 1. The number of hydrogen-bond acceptors (Lipinski definition) is 6. The van der Waals surface area contributed by atoms with Gasteiger partial charge in [-0.1, -0.05) is 23.4 Å². The van der Waals surface area contributed by atoms with Crippen molar-refractivity contribution in [3.63, 3.8) is 0 Å². The highest BCUT2D eigenvalue weighted by Gasteiger charge is 2.30. The predicted molar refractivity (Wildman–Crippen MR) is 107 cm³/mol. The van der Waals surface area contributed by atoms with E-state index in [0.717, 1.165) is 56.0 Å². The Balaban J connectivity index is 1.21. The molecule has 150 valence electrons. The fourth-order valence-electron chi connectivity index (χ4n) is 4.32. The summed E-state index contributed by atoms with van der Waals surface area (Å²) in [5.41, 5.74) is 3.15. The van der Waals surface area contributed by atoms with E-state index in [-0.39, 0.29) is 11.8 Å². The second kappa shape index (κ2) is 7.48. The van der Waals surface area contributed by atoms with Crippen LogP contribution < -0.4 is 4.90 Å². The van der Waals surface area contributed by atoms with Crippen molar-refractivity contribution in [1.29, 1.82) is 0 Å². The molecule has 0 aliphatic carbocycles. The minimum Gasteiger partial charge on any atom is -0.435 e. The molecule has 3 aromatic rings. The van der Waals surface area contributed by atoms with Crippen LogP contribution >= 0.6 is 0 Å². The van der Waals surface area contributed by atoms with Crippen molar-refractivity contribution in [2.75, 3.05) is 24.5 Å². The lowest BCUT2D eigenvalue weighted by atomic mass is 9.97. The first kappa shape index (κ1) is 18.1. The number of nitrogens with zero attached hydrogens (tertiary/aromatic N) is 4. The van der Waals surface area contributed by atoms with Crippen LogP contribution in [-0.4, -0.2) is 40.6 Å². The van der Waals surface area contributed by atoms with Gasteiger partial charge in [-0.25, -0.2) is 4.98 Å². The Morgan fingerprint density at radius 2 is 2.03 bits per heavy atom. The van der Waals surface area contributed by atoms with E-state index in [1.807, 2.05) is 31.2 Å². The molecule has 1 aromatic carbocycles. The molecule has 1 amide bonds. The van der Waals surface area contributed by atoms with E-state index in [4.69, 9.17) is 8.94 Å². The molecule has 4 heterocycles. The molecule has 7 heteroatoms. The molecule has 7 nitrogen and oxygen atoms in total. The third-order valence-corrected chi connectivity index (χ3v) is 5.87. The quantitative estimate of drug-likeness (QED) is 0.676. The van der Waals surface area contributed by atoms with Gasteiger partial charge in [0.2, 0.25) is 5.76 Å². The van der Waals surface area contributed by atoms with Crippen LogP contribution in [0.2, 0.25) is 0 Å². The van der Waals surface area contributed by atoms with Crippen LogP contribution in [0.4, 0.5) is 5.69 Å². The van der Waals surface area contributed by atoms with Gasteiger partial charge in [-0.3, -0.25) is 9.69 Å². The van der Waals surface area contributed by atoms with E-state index in [2.05, 4.69) is 21.1 Å². The lowest BCUT2D eigenvalue weighted by molar-refractivity contribution is 0.0958. The average Bonchev–Trinajstić information content (AvgIpc) is 3.48. The Labute approximate surface area is 169 Å². The molecule has 0 unspecified atom stereocenters. The van der Waals surface area contributed by atoms with E-state index in [0.29, 0.717) is 18.2 Å². The largest absolute Gasteiger partial charge is 0.435 e. The van der Waals surface area contributed by atoms with Gasteiger partial charge in [-0.05, 0) is 50.9 Å². The van der Waals surface area contributed by atoms with Crippen molar-refractivity contribution < 1.29 is 13.7 Å². The van der Waals surface area contributed by atoms with Gasteiger partial charge in [0.15, 0.2) is 5.89 Å². The number of carbonyl (C=O) groups excluding carboxylic acids is 1. The zero-order valence-electron chi connectivity index (χ0n) is 16.5. The van der Waals surface area contributed by atoms with Crippen LogP contribution in [0, 0.1) is 6.92 Å². The number of benzene rings is 1. The summed E-state index contributed by atoms with van der Waals surface area (Å²) in [5, 5.41) is 4.07. The van der Waals surface area contributed by atoms with Crippen LogP contribution in [0.15, 0.2) is 45.5 Å². The molecule has 2 aliphatic heterocycles. The van der Waals surface area contributed by atoms with E-state index in [1.165, 1.54) is 5.56 Å². The normalized spacial score (nSPS) is 17.6. The number of oxazole rings is 1. The van der Waals surface area contributed by atoms with E-state index >= 15 is 0 Å². The fourth-order valence-corrected chi connectivity index (χ4v) is 4.32. The molecule has 0 atom stereocenters. The van der Waals surface area contributed by atoms with Crippen molar-refractivity contribution in [2.24, 2.45) is 0 Å². The number of rotatable bonds is 4. The number of fused-ring (bicyclic) bond motifs is 1. The van der Waals surface area contributed by atoms with Gasteiger partial charge in [0, 0.05) is 30.8 Å².